The van der Waals surface area contributed by atoms with Crippen molar-refractivity contribution in [1.29, 1.82) is 5.26 Å². The lowest BCUT2D eigenvalue weighted by molar-refractivity contribution is -0.117. The number of ketones is 1. The van der Waals surface area contributed by atoms with E-state index in [-0.39, 0.29) is 17.6 Å². The van der Waals surface area contributed by atoms with Crippen LogP contribution in [-0.2, 0) is 9.53 Å². The summed E-state index contributed by atoms with van der Waals surface area (Å²) < 4.78 is 5.63. The number of Topliss-reactive ketones (excluding diaryl/α,β-unsaturated/α-hetero) is 1. The number of nitrogens with zero attached hydrogens (tertiary/aromatic N) is 2. The molecule has 124 valence electrons. The van der Waals surface area contributed by atoms with E-state index in [1.54, 1.807) is 0 Å². The SMILES string of the molecule is CC1CC(=O)C2=C(C1)OC(N)=C(C#N)C2c1ccc(N(C)C)cc1. The van der Waals surface area contributed by atoms with Gasteiger partial charge in [0.2, 0.25) is 5.88 Å². The number of carbonyl (C=O) groups is 1. The minimum Gasteiger partial charge on any atom is -0.444 e. The van der Waals surface area contributed by atoms with Gasteiger partial charge in [-0.25, -0.2) is 0 Å². The summed E-state index contributed by atoms with van der Waals surface area (Å²) in [6, 6.07) is 9.99. The second-order valence-electron chi connectivity index (χ2n) is 6.68. The van der Waals surface area contributed by atoms with Crippen LogP contribution in [0, 0.1) is 17.2 Å². The molecule has 0 radical (unpaired) electrons. The molecule has 5 heteroatoms. The summed E-state index contributed by atoms with van der Waals surface area (Å²) in [5.74, 6) is 0.571. The molecule has 1 aromatic carbocycles. The minimum absolute atomic E-state index is 0.0469. The van der Waals surface area contributed by atoms with Crippen LogP contribution in [0.4, 0.5) is 5.69 Å². The van der Waals surface area contributed by atoms with Gasteiger partial charge in [-0.15, -0.1) is 0 Å². The Morgan fingerprint density at radius 2 is 1.92 bits per heavy atom. The van der Waals surface area contributed by atoms with Gasteiger partial charge < -0.3 is 15.4 Å². The topological polar surface area (TPSA) is 79.3 Å². The summed E-state index contributed by atoms with van der Waals surface area (Å²) in [6.07, 6.45) is 1.15. The summed E-state index contributed by atoms with van der Waals surface area (Å²) in [6.45, 7) is 2.02. The number of benzene rings is 1. The molecule has 0 saturated carbocycles. The Morgan fingerprint density at radius 1 is 1.25 bits per heavy atom. The number of rotatable bonds is 2. The zero-order chi connectivity index (χ0) is 17.4. The molecule has 1 aromatic rings. The van der Waals surface area contributed by atoms with Gasteiger partial charge in [0.1, 0.15) is 17.4 Å². The highest BCUT2D eigenvalue weighted by Gasteiger charge is 2.39. The van der Waals surface area contributed by atoms with Crippen molar-refractivity contribution in [2.75, 3.05) is 19.0 Å². The highest BCUT2D eigenvalue weighted by atomic mass is 16.5. The molecular weight excluding hydrogens is 302 g/mol. The average Bonchev–Trinajstić information content (AvgIpc) is 2.53. The van der Waals surface area contributed by atoms with Crippen molar-refractivity contribution in [3.8, 4) is 6.07 Å². The second-order valence-corrected chi connectivity index (χ2v) is 6.68. The Kier molecular flexibility index (Phi) is 4.06. The first-order valence-corrected chi connectivity index (χ1v) is 8.03. The molecule has 0 bridgehead atoms. The number of ether oxygens (including phenoxy) is 1. The predicted molar refractivity (Wildman–Crippen MR) is 91.9 cm³/mol. The first kappa shape index (κ1) is 16.1. The third-order valence-electron chi connectivity index (χ3n) is 4.61. The summed E-state index contributed by atoms with van der Waals surface area (Å²) in [7, 11) is 3.93. The fourth-order valence-corrected chi connectivity index (χ4v) is 3.39. The van der Waals surface area contributed by atoms with Crippen molar-refractivity contribution in [1.82, 2.24) is 0 Å². The number of carbonyl (C=O) groups excluding carboxylic acids is 1. The highest BCUT2D eigenvalue weighted by Crippen LogP contribution is 2.44. The molecule has 1 aliphatic heterocycles. The van der Waals surface area contributed by atoms with E-state index in [1.807, 2.05) is 50.2 Å². The summed E-state index contributed by atoms with van der Waals surface area (Å²) in [4.78, 5) is 14.6. The highest BCUT2D eigenvalue weighted by molar-refractivity contribution is 5.99. The van der Waals surface area contributed by atoms with Crippen LogP contribution in [0.5, 0.6) is 0 Å². The van der Waals surface area contributed by atoms with E-state index in [9.17, 15) is 10.1 Å². The molecule has 0 spiro atoms. The van der Waals surface area contributed by atoms with E-state index < -0.39 is 5.92 Å². The third kappa shape index (κ3) is 2.65. The first-order valence-electron chi connectivity index (χ1n) is 8.03. The number of nitrogens with two attached hydrogens (primary N) is 1. The summed E-state index contributed by atoms with van der Waals surface area (Å²) in [5, 5.41) is 9.55. The zero-order valence-corrected chi connectivity index (χ0v) is 14.2. The van der Waals surface area contributed by atoms with Gasteiger partial charge in [-0.05, 0) is 23.6 Å². The smallest absolute Gasteiger partial charge is 0.205 e. The van der Waals surface area contributed by atoms with Gasteiger partial charge in [-0.3, -0.25) is 4.79 Å². The normalized spacial score (nSPS) is 23.5. The number of hydrogen-bond donors (Lipinski definition) is 1. The van der Waals surface area contributed by atoms with Gasteiger partial charge in [0.25, 0.3) is 0 Å². The summed E-state index contributed by atoms with van der Waals surface area (Å²) >= 11 is 0. The van der Waals surface area contributed by atoms with Crippen LogP contribution < -0.4 is 10.6 Å². The zero-order valence-electron chi connectivity index (χ0n) is 14.2. The third-order valence-corrected chi connectivity index (χ3v) is 4.61. The van der Waals surface area contributed by atoms with E-state index in [4.69, 9.17) is 10.5 Å². The van der Waals surface area contributed by atoms with Crippen molar-refractivity contribution >= 4 is 11.5 Å². The lowest BCUT2D eigenvalue weighted by Crippen LogP contribution is -2.29. The van der Waals surface area contributed by atoms with Crippen molar-refractivity contribution in [3.05, 3.63) is 52.6 Å². The standard InChI is InChI=1S/C19H21N3O2/c1-11-8-15(23)18-16(9-11)24-19(21)14(10-20)17(18)12-4-6-13(7-5-12)22(2)3/h4-7,11,17H,8-9,21H2,1-3H3. The maximum atomic E-state index is 12.6. The van der Waals surface area contributed by atoms with E-state index in [0.29, 0.717) is 29.7 Å². The Bertz CT molecular complexity index is 782. The van der Waals surface area contributed by atoms with Gasteiger partial charge in [-0.2, -0.15) is 5.26 Å². The lowest BCUT2D eigenvalue weighted by atomic mass is 9.75. The number of hydrogen-bond acceptors (Lipinski definition) is 5. The number of nitriles is 1. The van der Waals surface area contributed by atoms with E-state index in [2.05, 4.69) is 6.07 Å². The average molecular weight is 323 g/mol. The van der Waals surface area contributed by atoms with Gasteiger partial charge in [0.15, 0.2) is 5.78 Å². The first-order chi connectivity index (χ1) is 11.4. The largest absolute Gasteiger partial charge is 0.444 e. The van der Waals surface area contributed by atoms with Crippen LogP contribution >= 0.6 is 0 Å². The van der Waals surface area contributed by atoms with Crippen molar-refractivity contribution in [2.24, 2.45) is 11.7 Å². The van der Waals surface area contributed by atoms with Gasteiger partial charge >= 0.3 is 0 Å². The van der Waals surface area contributed by atoms with E-state index >= 15 is 0 Å². The predicted octanol–water partition coefficient (Wildman–Crippen LogP) is 2.81. The molecule has 1 heterocycles. The molecule has 2 atom stereocenters. The molecule has 0 fully saturated rings. The number of anilines is 1. The van der Waals surface area contributed by atoms with Gasteiger partial charge in [-0.1, -0.05) is 19.1 Å². The summed E-state index contributed by atoms with van der Waals surface area (Å²) in [5.41, 5.74) is 8.82. The van der Waals surface area contributed by atoms with Crippen LogP contribution in [-0.4, -0.2) is 19.9 Å². The maximum absolute atomic E-state index is 12.6. The monoisotopic (exact) mass is 323 g/mol. The van der Waals surface area contributed by atoms with E-state index in [1.165, 1.54) is 0 Å². The molecule has 2 unspecified atom stereocenters. The molecule has 24 heavy (non-hydrogen) atoms. The fraction of sp³-hybridized carbons (Fsp3) is 0.368. The van der Waals surface area contributed by atoms with E-state index in [0.717, 1.165) is 11.3 Å². The number of allylic oxidation sites excluding steroid dienone is 3. The molecule has 2 N–H and O–H groups in total. The Morgan fingerprint density at radius 3 is 2.50 bits per heavy atom. The van der Waals surface area contributed by atoms with Crippen molar-refractivity contribution in [2.45, 2.75) is 25.7 Å². The molecule has 1 aliphatic carbocycles. The van der Waals surface area contributed by atoms with Crippen molar-refractivity contribution in [3.63, 3.8) is 0 Å². The molecule has 0 amide bonds. The Labute approximate surface area is 142 Å². The molecule has 0 saturated heterocycles. The molecule has 2 aliphatic rings. The minimum atomic E-state index is -0.435. The van der Waals surface area contributed by atoms with Gasteiger partial charge in [0.05, 0.1) is 5.92 Å². The quantitative estimate of drug-likeness (QED) is 0.905. The second kappa shape index (κ2) is 6.04. The van der Waals surface area contributed by atoms with Crippen LogP contribution in [0.25, 0.3) is 0 Å². The van der Waals surface area contributed by atoms with Crippen molar-refractivity contribution < 1.29 is 9.53 Å². The van der Waals surface area contributed by atoms with Crippen LogP contribution in [0.2, 0.25) is 0 Å². The molecular formula is C19H21N3O2. The maximum Gasteiger partial charge on any atom is 0.205 e. The lowest BCUT2D eigenvalue weighted by Gasteiger charge is -2.33. The van der Waals surface area contributed by atoms with Crippen LogP contribution in [0.15, 0.2) is 47.1 Å². The Balaban J connectivity index is 2.11. The fourth-order valence-electron chi connectivity index (χ4n) is 3.39. The molecule has 3 rings (SSSR count). The van der Waals surface area contributed by atoms with Gasteiger partial charge in [0, 0.05) is 38.2 Å². The molecule has 5 nitrogen and oxygen atoms in total. The van der Waals surface area contributed by atoms with Crippen LogP contribution in [0.3, 0.4) is 0 Å². The Hall–Kier alpha value is -2.74. The van der Waals surface area contributed by atoms with Crippen LogP contribution in [0.1, 0.15) is 31.2 Å². The molecule has 0 aromatic heterocycles.